The molecule has 2 aromatic heterocycles. The first-order valence-corrected chi connectivity index (χ1v) is 6.00. The molecule has 3 aromatic rings. The molecule has 0 spiro atoms. The number of aromatic nitrogens is 3. The molecule has 0 aliphatic heterocycles. The van der Waals surface area contributed by atoms with Crippen LogP contribution in [-0.4, -0.2) is 14.6 Å². The topological polar surface area (TPSA) is 56.2 Å². The zero-order valence-electron chi connectivity index (χ0n) is 9.14. The molecule has 0 unspecified atom stereocenters. The molecule has 3 rings (SSSR count). The molecule has 0 bridgehead atoms. The van der Waals surface area contributed by atoms with Crippen LogP contribution in [0.1, 0.15) is 0 Å². The number of pyridine rings is 1. The van der Waals surface area contributed by atoms with E-state index in [0.29, 0.717) is 22.7 Å². The lowest BCUT2D eigenvalue weighted by Crippen LogP contribution is -1.94. The summed E-state index contributed by atoms with van der Waals surface area (Å²) in [6.45, 7) is 0. The molecule has 0 fully saturated rings. The smallest absolute Gasteiger partial charge is 0.171 e. The molecule has 0 aliphatic rings. The van der Waals surface area contributed by atoms with Crippen molar-refractivity contribution in [2.45, 2.75) is 0 Å². The molecular formula is C12H8BrFN4. The fraction of sp³-hybridized carbons (Fsp3) is 0. The lowest BCUT2D eigenvalue weighted by molar-refractivity contribution is 0.629. The van der Waals surface area contributed by atoms with Crippen LogP contribution in [0.25, 0.3) is 17.0 Å². The highest BCUT2D eigenvalue weighted by atomic mass is 79.9. The van der Waals surface area contributed by atoms with Crippen LogP contribution < -0.4 is 5.73 Å². The maximum absolute atomic E-state index is 13.8. The van der Waals surface area contributed by atoms with Crippen molar-refractivity contribution in [1.82, 2.24) is 14.6 Å². The van der Waals surface area contributed by atoms with Crippen molar-refractivity contribution in [3.63, 3.8) is 0 Å². The molecule has 0 aliphatic carbocycles. The quantitative estimate of drug-likeness (QED) is 0.752. The molecule has 2 N–H and O–H groups in total. The molecule has 0 radical (unpaired) electrons. The molecule has 2 heterocycles. The Bertz CT molecular complexity index is 738. The van der Waals surface area contributed by atoms with Crippen LogP contribution >= 0.6 is 15.9 Å². The van der Waals surface area contributed by atoms with Crippen LogP contribution in [0.15, 0.2) is 41.0 Å². The molecule has 18 heavy (non-hydrogen) atoms. The number of hydrogen-bond donors (Lipinski definition) is 1. The number of anilines is 1. The highest BCUT2D eigenvalue weighted by molar-refractivity contribution is 9.10. The van der Waals surface area contributed by atoms with Gasteiger partial charge in [-0.15, -0.1) is 10.2 Å². The maximum Gasteiger partial charge on any atom is 0.171 e. The first-order chi connectivity index (χ1) is 8.65. The molecule has 90 valence electrons. The number of benzene rings is 1. The van der Waals surface area contributed by atoms with Gasteiger partial charge in [0, 0.05) is 16.4 Å². The molecule has 0 atom stereocenters. The summed E-state index contributed by atoms with van der Waals surface area (Å²) in [5, 5.41) is 7.99. The van der Waals surface area contributed by atoms with Crippen molar-refractivity contribution in [2.24, 2.45) is 0 Å². The van der Waals surface area contributed by atoms with Crippen molar-refractivity contribution < 1.29 is 4.39 Å². The van der Waals surface area contributed by atoms with Crippen LogP contribution in [-0.2, 0) is 0 Å². The van der Waals surface area contributed by atoms with E-state index < -0.39 is 0 Å². The van der Waals surface area contributed by atoms with Gasteiger partial charge in [-0.25, -0.2) is 4.39 Å². The normalized spacial score (nSPS) is 11.0. The number of hydrogen-bond acceptors (Lipinski definition) is 3. The van der Waals surface area contributed by atoms with Gasteiger partial charge < -0.3 is 5.73 Å². The number of nitrogens with zero attached hydrogens (tertiary/aromatic N) is 3. The van der Waals surface area contributed by atoms with Crippen LogP contribution in [0.5, 0.6) is 0 Å². The average Bonchev–Trinajstić information content (AvgIpc) is 2.75. The van der Waals surface area contributed by atoms with Gasteiger partial charge in [-0.2, -0.15) is 0 Å². The first-order valence-electron chi connectivity index (χ1n) is 5.21. The van der Waals surface area contributed by atoms with Gasteiger partial charge in [0.2, 0.25) is 0 Å². The predicted molar refractivity (Wildman–Crippen MR) is 70.5 cm³/mol. The van der Waals surface area contributed by atoms with E-state index in [9.17, 15) is 4.39 Å². The third kappa shape index (κ3) is 1.74. The second kappa shape index (κ2) is 4.06. The Morgan fingerprint density at radius 1 is 1.17 bits per heavy atom. The summed E-state index contributed by atoms with van der Waals surface area (Å²) < 4.78 is 16.3. The maximum atomic E-state index is 13.8. The molecule has 0 saturated carbocycles. The summed E-state index contributed by atoms with van der Waals surface area (Å²) in [5.74, 6) is 0.0750. The van der Waals surface area contributed by atoms with Crippen LogP contribution in [0.2, 0.25) is 0 Å². The average molecular weight is 307 g/mol. The van der Waals surface area contributed by atoms with Gasteiger partial charge in [0.25, 0.3) is 0 Å². The van der Waals surface area contributed by atoms with Crippen LogP contribution in [0, 0.1) is 5.82 Å². The van der Waals surface area contributed by atoms with Gasteiger partial charge in [0.05, 0.1) is 5.56 Å². The van der Waals surface area contributed by atoms with E-state index >= 15 is 0 Å². The van der Waals surface area contributed by atoms with Crippen LogP contribution in [0.3, 0.4) is 0 Å². The second-order valence-electron chi connectivity index (χ2n) is 3.84. The Hall–Kier alpha value is -1.95. The zero-order valence-corrected chi connectivity index (χ0v) is 10.7. The summed E-state index contributed by atoms with van der Waals surface area (Å²) >= 11 is 3.31. The summed E-state index contributed by atoms with van der Waals surface area (Å²) in [5.41, 5.74) is 7.29. The van der Waals surface area contributed by atoms with Gasteiger partial charge in [0.1, 0.15) is 5.82 Å². The van der Waals surface area contributed by atoms with E-state index in [-0.39, 0.29) is 5.82 Å². The van der Waals surface area contributed by atoms with E-state index in [1.807, 2.05) is 0 Å². The fourth-order valence-corrected chi connectivity index (χ4v) is 2.12. The molecule has 6 heteroatoms. The number of halogens is 2. The molecule has 0 amide bonds. The zero-order chi connectivity index (χ0) is 12.7. The third-order valence-electron chi connectivity index (χ3n) is 2.59. The molecule has 0 saturated heterocycles. The highest BCUT2D eigenvalue weighted by Crippen LogP contribution is 2.25. The Morgan fingerprint density at radius 3 is 2.83 bits per heavy atom. The predicted octanol–water partition coefficient (Wildman–Crippen LogP) is 2.88. The number of fused-ring (bicyclic) bond motifs is 1. The monoisotopic (exact) mass is 306 g/mol. The minimum absolute atomic E-state index is 0.352. The van der Waals surface area contributed by atoms with E-state index in [1.165, 1.54) is 6.07 Å². The first kappa shape index (κ1) is 11.2. The Balaban J connectivity index is 2.31. The van der Waals surface area contributed by atoms with Crippen molar-refractivity contribution in [3.8, 4) is 11.4 Å². The van der Waals surface area contributed by atoms with Gasteiger partial charge in [0.15, 0.2) is 11.5 Å². The minimum Gasteiger partial charge on any atom is -0.398 e. The van der Waals surface area contributed by atoms with Crippen molar-refractivity contribution in [2.75, 3.05) is 5.73 Å². The summed E-state index contributed by atoms with van der Waals surface area (Å²) in [6.07, 6.45) is 1.67. The lowest BCUT2D eigenvalue weighted by Gasteiger charge is -2.03. The van der Waals surface area contributed by atoms with E-state index in [4.69, 9.17) is 5.73 Å². The Labute approximate surface area is 110 Å². The standard InChI is InChI=1S/C12H8BrFN4/c13-7-1-3-10(14)9(5-7)12-17-16-11-4-2-8(15)6-18(11)12/h1-6H,15H2. The van der Waals surface area contributed by atoms with Crippen LogP contribution in [0.4, 0.5) is 10.1 Å². The highest BCUT2D eigenvalue weighted by Gasteiger charge is 2.13. The van der Waals surface area contributed by atoms with Gasteiger partial charge in [-0.3, -0.25) is 4.40 Å². The van der Waals surface area contributed by atoms with Gasteiger partial charge in [-0.1, -0.05) is 15.9 Å². The van der Waals surface area contributed by atoms with Crippen molar-refractivity contribution in [3.05, 3.63) is 46.8 Å². The SMILES string of the molecule is Nc1ccc2nnc(-c3cc(Br)ccc3F)n2c1. The summed E-state index contributed by atoms with van der Waals surface area (Å²) in [4.78, 5) is 0. The van der Waals surface area contributed by atoms with Crippen molar-refractivity contribution in [1.29, 1.82) is 0 Å². The molecular weight excluding hydrogens is 299 g/mol. The van der Waals surface area contributed by atoms with Gasteiger partial charge in [-0.05, 0) is 30.3 Å². The third-order valence-corrected chi connectivity index (χ3v) is 3.09. The number of nitrogen functional groups attached to an aromatic ring is 1. The minimum atomic E-state index is -0.352. The van der Waals surface area contributed by atoms with Crippen molar-refractivity contribution >= 4 is 27.3 Å². The fourth-order valence-electron chi connectivity index (χ4n) is 1.76. The largest absolute Gasteiger partial charge is 0.398 e. The Morgan fingerprint density at radius 2 is 2.00 bits per heavy atom. The summed E-state index contributed by atoms with van der Waals surface area (Å²) in [6, 6.07) is 8.14. The molecule has 1 aromatic carbocycles. The van der Waals surface area contributed by atoms with E-state index in [0.717, 1.165) is 4.47 Å². The summed E-state index contributed by atoms with van der Waals surface area (Å²) in [7, 11) is 0. The van der Waals surface area contributed by atoms with Gasteiger partial charge >= 0.3 is 0 Å². The number of rotatable bonds is 1. The Kier molecular flexibility index (Phi) is 2.52. The lowest BCUT2D eigenvalue weighted by atomic mass is 10.2. The molecule has 4 nitrogen and oxygen atoms in total. The number of nitrogens with two attached hydrogens (primary N) is 1. The van der Waals surface area contributed by atoms with E-state index in [2.05, 4.69) is 26.1 Å². The second-order valence-corrected chi connectivity index (χ2v) is 4.75. The van der Waals surface area contributed by atoms with E-state index in [1.54, 1.807) is 34.9 Å².